The van der Waals surface area contributed by atoms with Crippen LogP contribution in [0.5, 0.6) is 0 Å². The fourth-order valence-corrected chi connectivity index (χ4v) is 3.92. The third-order valence-corrected chi connectivity index (χ3v) is 5.28. The van der Waals surface area contributed by atoms with Crippen LogP contribution in [-0.4, -0.2) is 33.0 Å². The molecule has 1 aromatic carbocycles. The van der Waals surface area contributed by atoms with E-state index in [2.05, 4.69) is 4.72 Å². The largest absolute Gasteiger partial charge is 0.461 e. The lowest BCUT2D eigenvalue weighted by Crippen LogP contribution is -2.31. The molecular weight excluding hydrogens is 370 g/mol. The van der Waals surface area contributed by atoms with Gasteiger partial charge in [-0.05, 0) is 50.8 Å². The Morgan fingerprint density at radius 2 is 1.96 bits per heavy atom. The molecule has 1 aromatic rings. The highest BCUT2D eigenvalue weighted by molar-refractivity contribution is 7.87. The van der Waals surface area contributed by atoms with Gasteiger partial charge in [-0.3, -0.25) is 4.79 Å². The summed E-state index contributed by atoms with van der Waals surface area (Å²) in [5.41, 5.74) is 2.01. The van der Waals surface area contributed by atoms with E-state index >= 15 is 0 Å². The molecule has 0 radical (unpaired) electrons. The van der Waals surface area contributed by atoms with E-state index in [1.165, 1.54) is 6.92 Å². The number of hydrogen-bond donors (Lipinski definition) is 1. The highest BCUT2D eigenvalue weighted by atomic mass is 32.2. The van der Waals surface area contributed by atoms with Crippen LogP contribution < -0.4 is 4.72 Å². The van der Waals surface area contributed by atoms with Gasteiger partial charge in [-0.15, -0.1) is 0 Å². The molecule has 2 unspecified atom stereocenters. The van der Waals surface area contributed by atoms with Gasteiger partial charge < -0.3 is 19.7 Å². The zero-order valence-electron chi connectivity index (χ0n) is 15.8. The van der Waals surface area contributed by atoms with Crippen LogP contribution in [0.2, 0.25) is 0 Å². The molecule has 1 aliphatic carbocycles. The molecule has 0 amide bonds. The van der Waals surface area contributed by atoms with Crippen molar-refractivity contribution in [2.75, 3.05) is 4.72 Å². The zero-order chi connectivity index (χ0) is 19.1. The van der Waals surface area contributed by atoms with E-state index in [9.17, 15) is 13.8 Å². The van der Waals surface area contributed by atoms with E-state index in [-0.39, 0.29) is 25.6 Å². The van der Waals surface area contributed by atoms with Gasteiger partial charge in [0, 0.05) is 14.0 Å². The molecule has 0 bridgehead atoms. The first-order valence-electron chi connectivity index (χ1n) is 8.67. The lowest BCUT2D eigenvalue weighted by molar-refractivity contribution is -0.143. The van der Waals surface area contributed by atoms with Crippen LogP contribution in [0, 0.1) is 0 Å². The maximum Gasteiger partial charge on any atom is 0.335 e. The summed E-state index contributed by atoms with van der Waals surface area (Å²) in [6.45, 7) is 5.15. The molecule has 27 heavy (non-hydrogen) atoms. The number of nitrogens with one attached hydrogen (secondary N) is 1. The number of carbonyl (C=O) groups excluding carboxylic acids is 2. The second-order valence-corrected chi connectivity index (χ2v) is 7.78. The lowest BCUT2D eigenvalue weighted by atomic mass is 9.99. The van der Waals surface area contributed by atoms with E-state index in [1.807, 2.05) is 6.08 Å². The Balaban J connectivity index is 0.00000364. The fraction of sp³-hybridized carbons (Fsp3) is 0.474. The van der Waals surface area contributed by atoms with Crippen molar-refractivity contribution in [1.29, 1.82) is 0 Å². The third-order valence-electron chi connectivity index (χ3n) is 3.83. The molecule has 2 rings (SSSR count). The van der Waals surface area contributed by atoms with E-state index in [0.717, 1.165) is 18.4 Å². The van der Waals surface area contributed by atoms with Gasteiger partial charge in [0.25, 0.3) is 0 Å². The maximum atomic E-state index is 12.8. The first kappa shape index (κ1) is 22.9. The Morgan fingerprint density at radius 1 is 1.30 bits per heavy atom. The molecule has 0 saturated heterocycles. The monoisotopic (exact) mass is 399 g/mol. The smallest absolute Gasteiger partial charge is 0.335 e. The average molecular weight is 400 g/mol. The van der Waals surface area contributed by atoms with Gasteiger partial charge >= 0.3 is 11.9 Å². The molecule has 0 saturated carbocycles. The molecule has 7 nitrogen and oxygen atoms in total. The minimum atomic E-state index is -1.45. The molecule has 8 heteroatoms. The molecule has 2 atom stereocenters. The number of anilines is 1. The summed E-state index contributed by atoms with van der Waals surface area (Å²) in [5.74, 6) is -0.727. The van der Waals surface area contributed by atoms with Crippen LogP contribution in [0.3, 0.4) is 0 Å². The Hall–Kier alpha value is -2.19. The number of allylic oxidation sites excluding steroid dienone is 1. The average Bonchev–Trinajstić information content (AvgIpc) is 2.60. The van der Waals surface area contributed by atoms with Crippen molar-refractivity contribution in [3.05, 3.63) is 41.5 Å². The second-order valence-electron chi connectivity index (χ2n) is 6.41. The summed E-state index contributed by atoms with van der Waals surface area (Å²) in [5, 5.41) is -0.393. The minimum absolute atomic E-state index is 0. The molecule has 0 fully saturated rings. The van der Waals surface area contributed by atoms with Crippen LogP contribution in [0.15, 0.2) is 35.9 Å². The van der Waals surface area contributed by atoms with E-state index < -0.39 is 22.2 Å². The summed E-state index contributed by atoms with van der Waals surface area (Å²) in [6, 6.07) is 7.14. The van der Waals surface area contributed by atoms with Crippen LogP contribution in [-0.2, 0) is 36.7 Å². The van der Waals surface area contributed by atoms with Crippen molar-refractivity contribution >= 4 is 28.6 Å². The molecule has 0 aromatic heterocycles. The second kappa shape index (κ2) is 10.8. The highest BCUT2D eigenvalue weighted by Crippen LogP contribution is 2.25. The van der Waals surface area contributed by atoms with E-state index in [0.29, 0.717) is 17.7 Å². The summed E-state index contributed by atoms with van der Waals surface area (Å²) in [7, 11) is -1.45. The van der Waals surface area contributed by atoms with Crippen molar-refractivity contribution in [2.45, 2.75) is 58.0 Å². The zero-order valence-corrected chi connectivity index (χ0v) is 16.6. The quantitative estimate of drug-likeness (QED) is 0.708. The molecule has 1 aliphatic rings. The summed E-state index contributed by atoms with van der Waals surface area (Å²) < 4.78 is 25.9. The molecule has 0 heterocycles. The van der Waals surface area contributed by atoms with Crippen LogP contribution in [0.25, 0.3) is 0 Å². The Morgan fingerprint density at radius 3 is 2.56 bits per heavy atom. The van der Waals surface area contributed by atoms with Crippen molar-refractivity contribution in [1.82, 2.24) is 0 Å². The van der Waals surface area contributed by atoms with Gasteiger partial charge in [-0.1, -0.05) is 18.2 Å². The molecule has 0 aliphatic heterocycles. The number of esters is 2. The first-order valence-corrected chi connectivity index (χ1v) is 9.88. The molecule has 3 N–H and O–H groups in total. The number of benzene rings is 1. The predicted molar refractivity (Wildman–Crippen MR) is 106 cm³/mol. The van der Waals surface area contributed by atoms with Crippen molar-refractivity contribution < 1.29 is 30.2 Å². The number of carbonyl (C=O) groups is 2. The SMILES string of the molecule is CC(=O)OCc1ccc(NS(=O)C2CCCC=C2C(=O)OC(C)C)cc1.O.[HH]. The number of rotatable bonds is 7. The maximum absolute atomic E-state index is 12.8. The summed E-state index contributed by atoms with van der Waals surface area (Å²) >= 11 is 0. The molecule has 0 spiro atoms. The van der Waals surface area contributed by atoms with Crippen LogP contribution >= 0.6 is 0 Å². The van der Waals surface area contributed by atoms with Gasteiger partial charge in [-0.2, -0.15) is 0 Å². The molecular formula is C19H29NO6S. The molecule has 152 valence electrons. The predicted octanol–water partition coefficient (Wildman–Crippen LogP) is 2.68. The van der Waals surface area contributed by atoms with Crippen molar-refractivity contribution in [3.63, 3.8) is 0 Å². The fourth-order valence-electron chi connectivity index (χ4n) is 2.61. The van der Waals surface area contributed by atoms with Gasteiger partial charge in [0.05, 0.1) is 16.9 Å². The van der Waals surface area contributed by atoms with Crippen LogP contribution in [0.1, 0.15) is 47.0 Å². The van der Waals surface area contributed by atoms with Gasteiger partial charge in [0.2, 0.25) is 0 Å². The number of ether oxygens (including phenoxy) is 2. The normalized spacial score (nSPS) is 17.3. The van der Waals surface area contributed by atoms with E-state index in [4.69, 9.17) is 9.47 Å². The van der Waals surface area contributed by atoms with Crippen molar-refractivity contribution in [2.24, 2.45) is 0 Å². The lowest BCUT2D eigenvalue weighted by Gasteiger charge is -2.23. The van der Waals surface area contributed by atoms with Gasteiger partial charge in [0.1, 0.15) is 17.6 Å². The standard InChI is InChI=1S/C19H25NO5S.H2O.H2/c1-13(2)25-19(22)17-6-4-5-7-18(17)26(23)20-16-10-8-15(9-11-16)12-24-14(3)21;;/h6,8-11,13,18,20H,4-5,7,12H2,1-3H3;1H2;1H. The Kier molecular flexibility index (Phi) is 9.17. The van der Waals surface area contributed by atoms with E-state index in [1.54, 1.807) is 38.1 Å². The topological polar surface area (TPSA) is 113 Å². The first-order chi connectivity index (χ1) is 12.4. The van der Waals surface area contributed by atoms with Gasteiger partial charge in [-0.25, -0.2) is 9.00 Å². The Labute approximate surface area is 163 Å². The minimum Gasteiger partial charge on any atom is -0.461 e. The Bertz CT molecular complexity index is 705. The summed E-state index contributed by atoms with van der Waals surface area (Å²) in [4.78, 5) is 23.1. The van der Waals surface area contributed by atoms with Crippen molar-refractivity contribution in [3.8, 4) is 0 Å². The highest BCUT2D eigenvalue weighted by Gasteiger charge is 2.30. The van der Waals surface area contributed by atoms with Crippen LogP contribution in [0.4, 0.5) is 5.69 Å². The van der Waals surface area contributed by atoms with Gasteiger partial charge in [0.15, 0.2) is 0 Å². The summed E-state index contributed by atoms with van der Waals surface area (Å²) in [6.07, 6.45) is 3.97. The third kappa shape index (κ3) is 7.15. The number of hydrogen-bond acceptors (Lipinski definition) is 5.